The number of hydrogen-bond donors (Lipinski definition) is 2. The molecule has 1 fully saturated rings. The lowest BCUT2D eigenvalue weighted by Gasteiger charge is -2.34. The second kappa shape index (κ2) is 9.13. The molecule has 0 aliphatic carbocycles. The SMILES string of the molecule is CC(C)(C)CN(CCCO)CC1CCNCC1.Cl. The fraction of sp³-hybridized carbons (Fsp3) is 1.00. The molecule has 0 unspecified atom stereocenters. The van der Waals surface area contributed by atoms with Gasteiger partial charge in [0, 0.05) is 26.2 Å². The van der Waals surface area contributed by atoms with Gasteiger partial charge in [-0.2, -0.15) is 0 Å². The van der Waals surface area contributed by atoms with E-state index in [1.54, 1.807) is 0 Å². The van der Waals surface area contributed by atoms with E-state index < -0.39 is 0 Å². The van der Waals surface area contributed by atoms with Crippen LogP contribution in [-0.2, 0) is 0 Å². The molecular weight excluding hydrogens is 248 g/mol. The van der Waals surface area contributed by atoms with Crippen molar-refractivity contribution in [1.82, 2.24) is 10.2 Å². The van der Waals surface area contributed by atoms with Gasteiger partial charge in [0.2, 0.25) is 0 Å². The van der Waals surface area contributed by atoms with Gasteiger partial charge < -0.3 is 15.3 Å². The fourth-order valence-corrected chi connectivity index (χ4v) is 2.63. The minimum Gasteiger partial charge on any atom is -0.396 e. The molecule has 0 aromatic heterocycles. The van der Waals surface area contributed by atoms with E-state index in [4.69, 9.17) is 5.11 Å². The number of aliphatic hydroxyl groups excluding tert-OH is 1. The molecule has 1 aliphatic rings. The summed E-state index contributed by atoms with van der Waals surface area (Å²) in [4.78, 5) is 2.55. The lowest BCUT2D eigenvalue weighted by Crippen LogP contribution is -2.40. The monoisotopic (exact) mass is 278 g/mol. The fourth-order valence-electron chi connectivity index (χ4n) is 2.63. The number of aliphatic hydroxyl groups is 1. The number of piperidine rings is 1. The molecule has 18 heavy (non-hydrogen) atoms. The van der Waals surface area contributed by atoms with Crippen molar-refractivity contribution in [2.75, 3.05) is 39.3 Å². The Morgan fingerprint density at radius 2 is 1.83 bits per heavy atom. The first kappa shape index (κ1) is 18.2. The third kappa shape index (κ3) is 8.30. The van der Waals surface area contributed by atoms with Gasteiger partial charge in [0.15, 0.2) is 0 Å². The van der Waals surface area contributed by atoms with Gasteiger partial charge in [0.1, 0.15) is 0 Å². The van der Waals surface area contributed by atoms with Crippen LogP contribution in [0.2, 0.25) is 0 Å². The summed E-state index contributed by atoms with van der Waals surface area (Å²) in [6.45, 7) is 12.9. The molecule has 2 N–H and O–H groups in total. The summed E-state index contributed by atoms with van der Waals surface area (Å²) in [6, 6.07) is 0. The van der Waals surface area contributed by atoms with Crippen LogP contribution in [0.5, 0.6) is 0 Å². The van der Waals surface area contributed by atoms with E-state index in [1.165, 1.54) is 32.5 Å². The predicted molar refractivity (Wildman–Crippen MR) is 80.4 cm³/mol. The first-order valence-electron chi connectivity index (χ1n) is 7.05. The van der Waals surface area contributed by atoms with Crippen LogP contribution in [0.1, 0.15) is 40.0 Å². The van der Waals surface area contributed by atoms with Gasteiger partial charge in [0.25, 0.3) is 0 Å². The van der Waals surface area contributed by atoms with E-state index in [9.17, 15) is 0 Å². The smallest absolute Gasteiger partial charge is 0.0443 e. The average molecular weight is 279 g/mol. The van der Waals surface area contributed by atoms with Crippen molar-refractivity contribution < 1.29 is 5.11 Å². The van der Waals surface area contributed by atoms with Crippen LogP contribution in [0.25, 0.3) is 0 Å². The summed E-state index contributed by atoms with van der Waals surface area (Å²) in [5.74, 6) is 0.845. The molecular formula is C14H31ClN2O. The van der Waals surface area contributed by atoms with Gasteiger partial charge in [-0.25, -0.2) is 0 Å². The summed E-state index contributed by atoms with van der Waals surface area (Å²) in [5.41, 5.74) is 0.350. The van der Waals surface area contributed by atoms with Crippen molar-refractivity contribution in [2.24, 2.45) is 11.3 Å². The van der Waals surface area contributed by atoms with Gasteiger partial charge in [-0.15, -0.1) is 12.4 Å². The van der Waals surface area contributed by atoms with Crippen molar-refractivity contribution in [2.45, 2.75) is 40.0 Å². The zero-order valence-electron chi connectivity index (χ0n) is 12.2. The second-order valence-corrected chi connectivity index (χ2v) is 6.57. The van der Waals surface area contributed by atoms with Crippen molar-refractivity contribution in [3.8, 4) is 0 Å². The van der Waals surface area contributed by atoms with Crippen molar-refractivity contribution in [1.29, 1.82) is 0 Å². The Morgan fingerprint density at radius 3 is 2.33 bits per heavy atom. The minimum absolute atomic E-state index is 0. The Morgan fingerprint density at radius 1 is 1.22 bits per heavy atom. The molecule has 1 saturated heterocycles. The number of rotatable bonds is 6. The summed E-state index contributed by atoms with van der Waals surface area (Å²) in [6.07, 6.45) is 3.51. The second-order valence-electron chi connectivity index (χ2n) is 6.57. The van der Waals surface area contributed by atoms with E-state index >= 15 is 0 Å². The zero-order chi connectivity index (χ0) is 12.7. The molecule has 0 saturated carbocycles. The van der Waals surface area contributed by atoms with E-state index in [1.807, 2.05) is 0 Å². The molecule has 1 heterocycles. The van der Waals surface area contributed by atoms with Gasteiger partial charge in [-0.3, -0.25) is 0 Å². The quantitative estimate of drug-likeness (QED) is 0.781. The van der Waals surface area contributed by atoms with Gasteiger partial charge in [-0.05, 0) is 43.7 Å². The molecule has 4 heteroatoms. The molecule has 1 aliphatic heterocycles. The Bertz CT molecular complexity index is 200. The summed E-state index contributed by atoms with van der Waals surface area (Å²) < 4.78 is 0. The third-order valence-corrected chi connectivity index (χ3v) is 3.31. The highest BCUT2D eigenvalue weighted by atomic mass is 35.5. The van der Waals surface area contributed by atoms with E-state index in [0.717, 1.165) is 25.4 Å². The Balaban J connectivity index is 0.00000289. The highest BCUT2D eigenvalue weighted by Crippen LogP contribution is 2.19. The van der Waals surface area contributed by atoms with Gasteiger partial charge in [0.05, 0.1) is 0 Å². The third-order valence-electron chi connectivity index (χ3n) is 3.31. The van der Waals surface area contributed by atoms with Crippen molar-refractivity contribution >= 4 is 12.4 Å². The topological polar surface area (TPSA) is 35.5 Å². The highest BCUT2D eigenvalue weighted by molar-refractivity contribution is 5.85. The van der Waals surface area contributed by atoms with Crippen LogP contribution in [0.4, 0.5) is 0 Å². The summed E-state index contributed by atoms with van der Waals surface area (Å²) in [7, 11) is 0. The molecule has 0 spiro atoms. The number of nitrogens with zero attached hydrogens (tertiary/aromatic N) is 1. The lowest BCUT2D eigenvalue weighted by molar-refractivity contribution is 0.141. The van der Waals surface area contributed by atoms with Crippen molar-refractivity contribution in [3.63, 3.8) is 0 Å². The number of nitrogens with one attached hydrogen (secondary N) is 1. The standard InChI is InChI=1S/C14H30N2O.ClH/c1-14(2,3)12-16(9-4-10-17)11-13-5-7-15-8-6-13;/h13,15,17H,4-12H2,1-3H3;1H. The van der Waals surface area contributed by atoms with Crippen molar-refractivity contribution in [3.05, 3.63) is 0 Å². The summed E-state index contributed by atoms with van der Waals surface area (Å²) in [5, 5.41) is 12.4. The Hall–Kier alpha value is 0.170. The van der Waals surface area contributed by atoms with E-state index in [0.29, 0.717) is 12.0 Å². The maximum absolute atomic E-state index is 8.98. The van der Waals surface area contributed by atoms with Crippen LogP contribution in [0.15, 0.2) is 0 Å². The molecule has 0 aromatic carbocycles. The van der Waals surface area contributed by atoms with E-state index in [-0.39, 0.29) is 12.4 Å². The number of hydrogen-bond acceptors (Lipinski definition) is 3. The largest absolute Gasteiger partial charge is 0.396 e. The molecule has 3 nitrogen and oxygen atoms in total. The average Bonchev–Trinajstić information content (AvgIpc) is 2.25. The Kier molecular flexibility index (Phi) is 9.22. The molecule has 0 aromatic rings. The first-order valence-corrected chi connectivity index (χ1v) is 7.05. The van der Waals surface area contributed by atoms with Gasteiger partial charge in [-0.1, -0.05) is 20.8 Å². The molecule has 110 valence electrons. The normalized spacial score (nSPS) is 17.8. The summed E-state index contributed by atoms with van der Waals surface area (Å²) >= 11 is 0. The Labute approximate surface area is 119 Å². The van der Waals surface area contributed by atoms with E-state index in [2.05, 4.69) is 31.0 Å². The van der Waals surface area contributed by atoms with Crippen LogP contribution in [-0.4, -0.2) is 49.3 Å². The first-order chi connectivity index (χ1) is 8.01. The molecule has 0 atom stereocenters. The molecule has 0 bridgehead atoms. The van der Waals surface area contributed by atoms with Crippen LogP contribution >= 0.6 is 12.4 Å². The maximum Gasteiger partial charge on any atom is 0.0443 e. The van der Waals surface area contributed by atoms with Gasteiger partial charge >= 0.3 is 0 Å². The van der Waals surface area contributed by atoms with Crippen LogP contribution in [0.3, 0.4) is 0 Å². The predicted octanol–water partition coefficient (Wildman–Crippen LogP) is 2.14. The molecule has 0 amide bonds. The minimum atomic E-state index is 0. The van der Waals surface area contributed by atoms with Crippen LogP contribution in [0, 0.1) is 11.3 Å². The maximum atomic E-state index is 8.98. The van der Waals surface area contributed by atoms with Crippen LogP contribution < -0.4 is 5.32 Å². The lowest BCUT2D eigenvalue weighted by atomic mass is 9.93. The highest BCUT2D eigenvalue weighted by Gasteiger charge is 2.20. The number of halogens is 1. The molecule has 0 radical (unpaired) electrons. The molecule has 1 rings (SSSR count). The zero-order valence-corrected chi connectivity index (χ0v) is 13.1.